The number of methoxy groups -OCH3 is 1. The van der Waals surface area contributed by atoms with Gasteiger partial charge in [0.1, 0.15) is 5.75 Å². The Morgan fingerprint density at radius 1 is 1.22 bits per heavy atom. The molecule has 0 aliphatic heterocycles. The molecule has 0 aliphatic carbocycles. The Bertz CT molecular complexity index is 478. The van der Waals surface area contributed by atoms with Gasteiger partial charge in [-0.05, 0) is 29.7 Å². The maximum atomic E-state index is 6.36. The van der Waals surface area contributed by atoms with Gasteiger partial charge in [0.25, 0.3) is 0 Å². The Kier molecular flexibility index (Phi) is 3.95. The number of ether oxygens (including phenoxy) is 1. The van der Waals surface area contributed by atoms with Crippen molar-refractivity contribution in [1.29, 1.82) is 0 Å². The zero-order valence-electron chi connectivity index (χ0n) is 10.8. The van der Waals surface area contributed by atoms with Crippen LogP contribution in [0.15, 0.2) is 42.7 Å². The van der Waals surface area contributed by atoms with Gasteiger partial charge in [-0.1, -0.05) is 25.1 Å². The summed E-state index contributed by atoms with van der Waals surface area (Å²) >= 11 is 0. The number of nitrogens with two attached hydrogens (primary N) is 1. The Morgan fingerprint density at radius 3 is 2.72 bits per heavy atom. The molecule has 1 unspecified atom stereocenters. The monoisotopic (exact) mass is 242 g/mol. The first-order chi connectivity index (χ1) is 8.77. The molecule has 1 heterocycles. The summed E-state index contributed by atoms with van der Waals surface area (Å²) in [6, 6.07) is 9.66. The molecule has 1 aromatic carbocycles. The largest absolute Gasteiger partial charge is 0.496 e. The number of aryl methyl sites for hydroxylation is 1. The molecule has 0 aliphatic rings. The summed E-state index contributed by atoms with van der Waals surface area (Å²) in [5.41, 5.74) is 9.65. The molecule has 0 bridgehead atoms. The molecule has 0 saturated carbocycles. The first kappa shape index (κ1) is 12.6. The molecule has 2 aromatic rings. The second-order valence-corrected chi connectivity index (χ2v) is 4.15. The van der Waals surface area contributed by atoms with Crippen LogP contribution >= 0.6 is 0 Å². The van der Waals surface area contributed by atoms with Crippen LogP contribution in [0.5, 0.6) is 5.75 Å². The number of rotatable bonds is 4. The lowest BCUT2D eigenvalue weighted by Crippen LogP contribution is -2.15. The molecular weight excluding hydrogens is 224 g/mol. The second-order valence-electron chi connectivity index (χ2n) is 4.15. The van der Waals surface area contributed by atoms with E-state index in [0.717, 1.165) is 23.3 Å². The number of aromatic nitrogens is 1. The highest BCUT2D eigenvalue weighted by atomic mass is 16.5. The zero-order valence-corrected chi connectivity index (χ0v) is 10.8. The van der Waals surface area contributed by atoms with Crippen LogP contribution in [0, 0.1) is 0 Å². The van der Waals surface area contributed by atoms with Crippen LogP contribution in [-0.4, -0.2) is 12.1 Å². The van der Waals surface area contributed by atoms with Crippen molar-refractivity contribution < 1.29 is 4.74 Å². The van der Waals surface area contributed by atoms with Crippen molar-refractivity contribution in [2.45, 2.75) is 19.4 Å². The standard InChI is InChI=1S/C15H18N2O/c1-3-11-10-17-9-8-12(11)15(16)13-6-4-5-7-14(13)18-2/h4-10,15H,3,16H2,1-2H3. The van der Waals surface area contributed by atoms with Gasteiger partial charge in [-0.15, -0.1) is 0 Å². The molecule has 0 amide bonds. The molecular formula is C15H18N2O. The van der Waals surface area contributed by atoms with Gasteiger partial charge in [0.15, 0.2) is 0 Å². The highest BCUT2D eigenvalue weighted by Crippen LogP contribution is 2.29. The van der Waals surface area contributed by atoms with E-state index in [1.807, 2.05) is 36.5 Å². The molecule has 94 valence electrons. The number of benzene rings is 1. The van der Waals surface area contributed by atoms with E-state index < -0.39 is 0 Å². The summed E-state index contributed by atoms with van der Waals surface area (Å²) in [6.45, 7) is 2.11. The summed E-state index contributed by atoms with van der Waals surface area (Å²) in [5, 5.41) is 0. The quantitative estimate of drug-likeness (QED) is 0.896. The minimum atomic E-state index is -0.181. The van der Waals surface area contributed by atoms with E-state index in [9.17, 15) is 0 Å². The fourth-order valence-electron chi connectivity index (χ4n) is 2.13. The molecule has 0 radical (unpaired) electrons. The highest BCUT2D eigenvalue weighted by Gasteiger charge is 2.15. The maximum Gasteiger partial charge on any atom is 0.123 e. The smallest absolute Gasteiger partial charge is 0.123 e. The zero-order chi connectivity index (χ0) is 13.0. The molecule has 0 saturated heterocycles. The van der Waals surface area contributed by atoms with Crippen LogP contribution in [-0.2, 0) is 6.42 Å². The lowest BCUT2D eigenvalue weighted by Gasteiger charge is -2.18. The minimum absolute atomic E-state index is 0.181. The Morgan fingerprint density at radius 2 is 2.00 bits per heavy atom. The summed E-state index contributed by atoms with van der Waals surface area (Å²) < 4.78 is 5.37. The molecule has 1 aromatic heterocycles. The van der Waals surface area contributed by atoms with Crippen molar-refractivity contribution >= 4 is 0 Å². The summed E-state index contributed by atoms with van der Waals surface area (Å²) in [5.74, 6) is 0.823. The molecule has 1 atom stereocenters. The first-order valence-corrected chi connectivity index (χ1v) is 6.09. The van der Waals surface area contributed by atoms with Gasteiger partial charge in [0.2, 0.25) is 0 Å². The SMILES string of the molecule is CCc1cnccc1C(N)c1ccccc1OC. The van der Waals surface area contributed by atoms with Crippen LogP contribution < -0.4 is 10.5 Å². The maximum absolute atomic E-state index is 6.36. The van der Waals surface area contributed by atoms with Crippen molar-refractivity contribution in [3.63, 3.8) is 0 Å². The first-order valence-electron chi connectivity index (χ1n) is 6.09. The molecule has 3 heteroatoms. The average molecular weight is 242 g/mol. The topological polar surface area (TPSA) is 48.1 Å². The lowest BCUT2D eigenvalue weighted by molar-refractivity contribution is 0.408. The number of para-hydroxylation sites is 1. The number of hydrogen-bond acceptors (Lipinski definition) is 3. The molecule has 0 fully saturated rings. The van der Waals surface area contributed by atoms with E-state index in [1.54, 1.807) is 13.3 Å². The van der Waals surface area contributed by atoms with Gasteiger partial charge < -0.3 is 10.5 Å². The Hall–Kier alpha value is -1.87. The minimum Gasteiger partial charge on any atom is -0.496 e. The molecule has 3 nitrogen and oxygen atoms in total. The highest BCUT2D eigenvalue weighted by molar-refractivity contribution is 5.43. The average Bonchev–Trinajstić information content (AvgIpc) is 2.46. The molecule has 2 rings (SSSR count). The van der Waals surface area contributed by atoms with Crippen LogP contribution in [0.25, 0.3) is 0 Å². The van der Waals surface area contributed by atoms with E-state index >= 15 is 0 Å². The van der Waals surface area contributed by atoms with Crippen molar-refractivity contribution in [3.05, 3.63) is 59.4 Å². The predicted octanol–water partition coefficient (Wildman–Crippen LogP) is 2.70. The van der Waals surface area contributed by atoms with Gasteiger partial charge in [-0.25, -0.2) is 0 Å². The van der Waals surface area contributed by atoms with Gasteiger partial charge in [-0.2, -0.15) is 0 Å². The molecule has 2 N–H and O–H groups in total. The third-order valence-electron chi connectivity index (χ3n) is 3.13. The second kappa shape index (κ2) is 5.65. The van der Waals surface area contributed by atoms with E-state index in [0.29, 0.717) is 0 Å². The summed E-state index contributed by atoms with van der Waals surface area (Å²) in [7, 11) is 1.67. The van der Waals surface area contributed by atoms with Crippen LogP contribution in [0.1, 0.15) is 29.7 Å². The fraction of sp³-hybridized carbons (Fsp3) is 0.267. The third kappa shape index (κ3) is 2.36. The van der Waals surface area contributed by atoms with Crippen molar-refractivity contribution in [2.75, 3.05) is 7.11 Å². The van der Waals surface area contributed by atoms with Crippen LogP contribution in [0.3, 0.4) is 0 Å². The van der Waals surface area contributed by atoms with Crippen molar-refractivity contribution in [3.8, 4) is 5.75 Å². The number of hydrogen-bond donors (Lipinski definition) is 1. The summed E-state index contributed by atoms with van der Waals surface area (Å²) in [4.78, 5) is 4.15. The third-order valence-corrected chi connectivity index (χ3v) is 3.13. The Labute approximate surface area is 108 Å². The van der Waals surface area contributed by atoms with Gasteiger partial charge >= 0.3 is 0 Å². The summed E-state index contributed by atoms with van der Waals surface area (Å²) in [6.07, 6.45) is 4.58. The normalized spacial score (nSPS) is 12.2. The van der Waals surface area contributed by atoms with Gasteiger partial charge in [0.05, 0.1) is 13.2 Å². The van der Waals surface area contributed by atoms with Crippen molar-refractivity contribution in [2.24, 2.45) is 5.73 Å². The van der Waals surface area contributed by atoms with E-state index in [1.165, 1.54) is 5.56 Å². The van der Waals surface area contributed by atoms with Crippen molar-refractivity contribution in [1.82, 2.24) is 4.98 Å². The predicted molar refractivity (Wildman–Crippen MR) is 72.6 cm³/mol. The number of pyridine rings is 1. The van der Waals surface area contributed by atoms with Crippen LogP contribution in [0.2, 0.25) is 0 Å². The van der Waals surface area contributed by atoms with Crippen LogP contribution in [0.4, 0.5) is 0 Å². The van der Waals surface area contributed by atoms with E-state index in [2.05, 4.69) is 11.9 Å². The van der Waals surface area contributed by atoms with Gasteiger partial charge in [0, 0.05) is 18.0 Å². The van der Waals surface area contributed by atoms with Gasteiger partial charge in [-0.3, -0.25) is 4.98 Å². The lowest BCUT2D eigenvalue weighted by atomic mass is 9.95. The van der Waals surface area contributed by atoms with E-state index in [-0.39, 0.29) is 6.04 Å². The van der Waals surface area contributed by atoms with E-state index in [4.69, 9.17) is 10.5 Å². The number of nitrogens with zero attached hydrogens (tertiary/aromatic N) is 1. The molecule has 0 spiro atoms. The molecule has 18 heavy (non-hydrogen) atoms. The Balaban J connectivity index is 2.44. The fourth-order valence-corrected chi connectivity index (χ4v) is 2.13.